The van der Waals surface area contributed by atoms with Gasteiger partial charge in [0.2, 0.25) is 11.8 Å². The Hall–Kier alpha value is -2.89. The molecule has 21 heavy (non-hydrogen) atoms. The molecule has 0 aliphatic rings. The van der Waals surface area contributed by atoms with Crippen molar-refractivity contribution < 1.29 is 9.47 Å². The highest BCUT2D eigenvalue weighted by Crippen LogP contribution is 2.33. The van der Waals surface area contributed by atoms with Crippen molar-refractivity contribution in [1.29, 1.82) is 0 Å². The molecule has 0 saturated carbocycles. The number of nitrogens with zero attached hydrogens (tertiary/aromatic N) is 3. The van der Waals surface area contributed by atoms with Crippen molar-refractivity contribution in [3.63, 3.8) is 0 Å². The SMILES string of the molecule is CCOc1ncnc(Oc2cccc3cccnc23)c1N. The number of aromatic nitrogens is 3. The molecule has 6 heteroatoms. The molecule has 3 aromatic rings. The monoisotopic (exact) mass is 282 g/mol. The van der Waals surface area contributed by atoms with E-state index in [1.165, 1.54) is 6.33 Å². The summed E-state index contributed by atoms with van der Waals surface area (Å²) in [6.07, 6.45) is 3.07. The number of rotatable bonds is 4. The third-order valence-electron chi connectivity index (χ3n) is 2.89. The van der Waals surface area contributed by atoms with Crippen molar-refractivity contribution in [3.05, 3.63) is 42.9 Å². The van der Waals surface area contributed by atoms with E-state index in [4.69, 9.17) is 15.2 Å². The lowest BCUT2D eigenvalue weighted by Crippen LogP contribution is -2.03. The van der Waals surface area contributed by atoms with E-state index in [9.17, 15) is 0 Å². The van der Waals surface area contributed by atoms with Crippen LogP contribution in [0.15, 0.2) is 42.9 Å². The summed E-state index contributed by atoms with van der Waals surface area (Å²) in [4.78, 5) is 12.4. The van der Waals surface area contributed by atoms with Crippen LogP contribution in [0.1, 0.15) is 6.92 Å². The van der Waals surface area contributed by atoms with Crippen molar-refractivity contribution in [1.82, 2.24) is 15.0 Å². The Labute approximate surface area is 121 Å². The minimum atomic E-state index is 0.256. The summed E-state index contributed by atoms with van der Waals surface area (Å²) in [5.41, 5.74) is 6.98. The molecule has 0 amide bonds. The molecule has 0 atom stereocenters. The number of fused-ring (bicyclic) bond motifs is 1. The number of pyridine rings is 1. The number of para-hydroxylation sites is 1. The number of nitrogen functional groups attached to an aromatic ring is 1. The quantitative estimate of drug-likeness (QED) is 0.792. The van der Waals surface area contributed by atoms with Gasteiger partial charge >= 0.3 is 0 Å². The van der Waals surface area contributed by atoms with Crippen molar-refractivity contribution in [2.24, 2.45) is 0 Å². The third kappa shape index (κ3) is 2.55. The number of ether oxygens (including phenoxy) is 2. The summed E-state index contributed by atoms with van der Waals surface area (Å²) in [5, 5.41) is 0.979. The zero-order valence-corrected chi connectivity index (χ0v) is 11.5. The van der Waals surface area contributed by atoms with E-state index in [-0.39, 0.29) is 11.6 Å². The van der Waals surface area contributed by atoms with Gasteiger partial charge in [-0.15, -0.1) is 0 Å². The zero-order chi connectivity index (χ0) is 14.7. The lowest BCUT2D eigenvalue weighted by Gasteiger charge is -2.11. The fourth-order valence-electron chi connectivity index (χ4n) is 1.96. The fraction of sp³-hybridized carbons (Fsp3) is 0.133. The van der Waals surface area contributed by atoms with E-state index in [0.717, 1.165) is 10.9 Å². The summed E-state index contributed by atoms with van der Waals surface area (Å²) < 4.78 is 11.1. The molecule has 2 heterocycles. The first-order valence-corrected chi connectivity index (χ1v) is 6.54. The van der Waals surface area contributed by atoms with Crippen LogP contribution < -0.4 is 15.2 Å². The molecule has 0 saturated heterocycles. The van der Waals surface area contributed by atoms with Crippen LogP contribution in [0, 0.1) is 0 Å². The van der Waals surface area contributed by atoms with Gasteiger partial charge in [-0.2, -0.15) is 9.97 Å². The van der Waals surface area contributed by atoms with Gasteiger partial charge < -0.3 is 15.2 Å². The molecule has 0 bridgehead atoms. The molecule has 2 aromatic heterocycles. The molecule has 0 aliphatic heterocycles. The van der Waals surface area contributed by atoms with E-state index in [1.54, 1.807) is 6.20 Å². The highest BCUT2D eigenvalue weighted by Gasteiger charge is 2.12. The number of hydrogen-bond donors (Lipinski definition) is 1. The molecule has 6 nitrogen and oxygen atoms in total. The van der Waals surface area contributed by atoms with Crippen LogP contribution in [0.2, 0.25) is 0 Å². The second-order valence-electron chi connectivity index (χ2n) is 4.26. The van der Waals surface area contributed by atoms with E-state index >= 15 is 0 Å². The van der Waals surface area contributed by atoms with Crippen molar-refractivity contribution in [2.75, 3.05) is 12.3 Å². The molecule has 2 N–H and O–H groups in total. The normalized spacial score (nSPS) is 10.5. The number of nitrogens with two attached hydrogens (primary N) is 1. The van der Waals surface area contributed by atoms with Gasteiger partial charge in [0, 0.05) is 11.6 Å². The lowest BCUT2D eigenvalue weighted by atomic mass is 10.2. The second kappa shape index (κ2) is 5.62. The fourth-order valence-corrected chi connectivity index (χ4v) is 1.96. The maximum atomic E-state index is 5.97. The summed E-state index contributed by atoms with van der Waals surface area (Å²) in [5.74, 6) is 1.16. The van der Waals surface area contributed by atoms with Crippen molar-refractivity contribution >= 4 is 16.6 Å². The van der Waals surface area contributed by atoms with E-state index in [2.05, 4.69) is 15.0 Å². The van der Waals surface area contributed by atoms with Crippen LogP contribution in [0.4, 0.5) is 5.69 Å². The largest absolute Gasteiger partial charge is 0.476 e. The Morgan fingerprint density at radius 3 is 2.71 bits per heavy atom. The molecule has 0 aliphatic carbocycles. The van der Waals surface area contributed by atoms with Crippen LogP contribution in [-0.4, -0.2) is 21.6 Å². The van der Waals surface area contributed by atoms with Gasteiger partial charge in [-0.3, -0.25) is 4.98 Å². The number of anilines is 1. The molecular formula is C15H14N4O2. The predicted molar refractivity (Wildman–Crippen MR) is 79.4 cm³/mol. The van der Waals surface area contributed by atoms with Crippen LogP contribution in [0.5, 0.6) is 17.5 Å². The Balaban J connectivity index is 2.01. The zero-order valence-electron chi connectivity index (χ0n) is 11.5. The average Bonchev–Trinajstić information content (AvgIpc) is 2.52. The van der Waals surface area contributed by atoms with Gasteiger partial charge in [0.25, 0.3) is 0 Å². The number of hydrogen-bond acceptors (Lipinski definition) is 6. The summed E-state index contributed by atoms with van der Waals surface area (Å²) in [6.45, 7) is 2.33. The highest BCUT2D eigenvalue weighted by atomic mass is 16.5. The molecular weight excluding hydrogens is 268 g/mol. The second-order valence-corrected chi connectivity index (χ2v) is 4.26. The Morgan fingerprint density at radius 1 is 1.05 bits per heavy atom. The van der Waals surface area contributed by atoms with Crippen molar-refractivity contribution in [2.45, 2.75) is 6.92 Å². The standard InChI is InChI=1S/C15H14N4O2/c1-2-20-14-12(16)15(19-9-18-14)21-11-7-3-5-10-6-4-8-17-13(10)11/h3-9H,2,16H2,1H3. The lowest BCUT2D eigenvalue weighted by molar-refractivity contribution is 0.325. The molecule has 0 radical (unpaired) electrons. The minimum Gasteiger partial charge on any atom is -0.476 e. The van der Waals surface area contributed by atoms with Crippen LogP contribution >= 0.6 is 0 Å². The maximum Gasteiger partial charge on any atom is 0.249 e. The van der Waals surface area contributed by atoms with E-state index in [1.807, 2.05) is 37.3 Å². The topological polar surface area (TPSA) is 83.2 Å². The molecule has 106 valence electrons. The first-order chi connectivity index (χ1) is 10.3. The first kappa shape index (κ1) is 13.1. The minimum absolute atomic E-state index is 0.256. The maximum absolute atomic E-state index is 5.97. The predicted octanol–water partition coefficient (Wildman–Crippen LogP) is 2.80. The molecule has 3 rings (SSSR count). The summed E-state index contributed by atoms with van der Waals surface area (Å²) in [6, 6.07) is 9.50. The van der Waals surface area contributed by atoms with Crippen LogP contribution in [0.3, 0.4) is 0 Å². The summed E-state index contributed by atoms with van der Waals surface area (Å²) in [7, 11) is 0. The average molecular weight is 282 g/mol. The van der Waals surface area contributed by atoms with Crippen LogP contribution in [0.25, 0.3) is 10.9 Å². The third-order valence-corrected chi connectivity index (χ3v) is 2.89. The number of benzene rings is 1. The molecule has 0 fully saturated rings. The van der Waals surface area contributed by atoms with Gasteiger partial charge in [0.1, 0.15) is 11.8 Å². The van der Waals surface area contributed by atoms with Gasteiger partial charge in [-0.25, -0.2) is 0 Å². The Morgan fingerprint density at radius 2 is 1.86 bits per heavy atom. The Bertz CT molecular complexity index is 771. The van der Waals surface area contributed by atoms with E-state index in [0.29, 0.717) is 18.2 Å². The molecule has 0 spiro atoms. The first-order valence-electron chi connectivity index (χ1n) is 6.54. The molecule has 0 unspecified atom stereocenters. The molecule has 1 aromatic carbocycles. The highest BCUT2D eigenvalue weighted by molar-refractivity contribution is 5.84. The van der Waals surface area contributed by atoms with Gasteiger partial charge in [-0.1, -0.05) is 18.2 Å². The van der Waals surface area contributed by atoms with Crippen LogP contribution in [-0.2, 0) is 0 Å². The van der Waals surface area contributed by atoms with E-state index < -0.39 is 0 Å². The van der Waals surface area contributed by atoms with Gasteiger partial charge in [-0.05, 0) is 19.1 Å². The van der Waals surface area contributed by atoms with Gasteiger partial charge in [0.15, 0.2) is 11.4 Å². The van der Waals surface area contributed by atoms with Gasteiger partial charge in [0.05, 0.1) is 6.61 Å². The summed E-state index contributed by atoms with van der Waals surface area (Å²) >= 11 is 0. The Kier molecular flexibility index (Phi) is 3.51. The smallest absolute Gasteiger partial charge is 0.249 e. The van der Waals surface area contributed by atoms with Crippen molar-refractivity contribution in [3.8, 4) is 17.5 Å².